The molecule has 26 heavy (non-hydrogen) atoms. The molecule has 1 aromatic heterocycles. The Labute approximate surface area is 156 Å². The number of benzene rings is 1. The zero-order chi connectivity index (χ0) is 17.9. The number of rotatable bonds is 5. The van der Waals surface area contributed by atoms with Gasteiger partial charge in [0.05, 0.1) is 31.4 Å². The highest BCUT2D eigenvalue weighted by Gasteiger charge is 2.19. The van der Waals surface area contributed by atoms with E-state index in [1.165, 1.54) is 41.9 Å². The molecule has 1 saturated heterocycles. The highest BCUT2D eigenvalue weighted by atomic mass is 16.5. The Morgan fingerprint density at radius 2 is 2.04 bits per heavy atom. The molecule has 3 heterocycles. The second-order valence-electron chi connectivity index (χ2n) is 7.47. The number of hydrogen-bond donors (Lipinski definition) is 0. The van der Waals surface area contributed by atoms with E-state index in [0.29, 0.717) is 6.04 Å². The van der Waals surface area contributed by atoms with Crippen molar-refractivity contribution in [2.24, 2.45) is 0 Å². The van der Waals surface area contributed by atoms with Crippen molar-refractivity contribution in [3.63, 3.8) is 0 Å². The van der Waals surface area contributed by atoms with Crippen molar-refractivity contribution >= 4 is 5.69 Å². The molecule has 0 bridgehead atoms. The first-order chi connectivity index (χ1) is 12.8. The number of imidazole rings is 1. The Morgan fingerprint density at radius 1 is 1.19 bits per heavy atom. The van der Waals surface area contributed by atoms with E-state index in [0.717, 1.165) is 39.4 Å². The summed E-state index contributed by atoms with van der Waals surface area (Å²) < 4.78 is 7.80. The first-order valence-electron chi connectivity index (χ1n) is 9.96. The molecule has 0 saturated carbocycles. The van der Waals surface area contributed by atoms with Gasteiger partial charge < -0.3 is 14.2 Å². The molecule has 1 aromatic carbocycles. The van der Waals surface area contributed by atoms with Gasteiger partial charge in [0.1, 0.15) is 0 Å². The van der Waals surface area contributed by atoms with Crippen LogP contribution in [0.5, 0.6) is 0 Å². The van der Waals surface area contributed by atoms with Crippen molar-refractivity contribution in [2.45, 2.75) is 32.7 Å². The third kappa shape index (κ3) is 3.51. The Hall–Kier alpha value is -1.85. The van der Waals surface area contributed by atoms with Gasteiger partial charge in [-0.25, -0.2) is 4.98 Å². The molecule has 0 N–H and O–H groups in total. The fourth-order valence-corrected chi connectivity index (χ4v) is 4.29. The molecule has 0 unspecified atom stereocenters. The van der Waals surface area contributed by atoms with Gasteiger partial charge in [0.25, 0.3) is 0 Å². The van der Waals surface area contributed by atoms with Gasteiger partial charge in [-0.15, -0.1) is 0 Å². The largest absolute Gasteiger partial charge is 0.379 e. The number of fused-ring (bicyclic) bond motifs is 1. The normalized spacial score (nSPS) is 19.4. The van der Waals surface area contributed by atoms with E-state index < -0.39 is 0 Å². The number of anilines is 1. The van der Waals surface area contributed by atoms with Crippen molar-refractivity contribution < 1.29 is 4.74 Å². The summed E-state index contributed by atoms with van der Waals surface area (Å²) in [7, 11) is 0. The first kappa shape index (κ1) is 17.6. The molecule has 2 aliphatic heterocycles. The lowest BCUT2D eigenvalue weighted by atomic mass is 9.98. The molecule has 2 aromatic rings. The minimum Gasteiger partial charge on any atom is -0.379 e. The topological polar surface area (TPSA) is 33.5 Å². The number of hydrogen-bond acceptors (Lipinski definition) is 4. The van der Waals surface area contributed by atoms with Crippen molar-refractivity contribution in [1.29, 1.82) is 0 Å². The monoisotopic (exact) mass is 354 g/mol. The Balaban J connectivity index is 1.56. The fraction of sp³-hybridized carbons (Fsp3) is 0.571. The van der Waals surface area contributed by atoms with E-state index in [1.807, 2.05) is 12.5 Å². The average Bonchev–Trinajstić information content (AvgIpc) is 3.18. The number of nitrogens with zero attached hydrogens (tertiary/aromatic N) is 4. The summed E-state index contributed by atoms with van der Waals surface area (Å²) in [6.45, 7) is 11.6. The van der Waals surface area contributed by atoms with Gasteiger partial charge in [0.15, 0.2) is 0 Å². The molecule has 0 amide bonds. The summed E-state index contributed by atoms with van der Waals surface area (Å²) in [5.41, 5.74) is 5.40. The summed E-state index contributed by atoms with van der Waals surface area (Å²) in [5, 5.41) is 0. The van der Waals surface area contributed by atoms with E-state index in [2.05, 4.69) is 51.4 Å². The van der Waals surface area contributed by atoms with Crippen molar-refractivity contribution in [3.05, 3.63) is 36.3 Å². The van der Waals surface area contributed by atoms with Crippen LogP contribution in [0.3, 0.4) is 0 Å². The molecule has 0 aliphatic carbocycles. The van der Waals surface area contributed by atoms with Crippen LogP contribution in [0, 0.1) is 0 Å². The van der Waals surface area contributed by atoms with Gasteiger partial charge in [-0.05, 0) is 44.4 Å². The second kappa shape index (κ2) is 7.80. The Kier molecular flexibility index (Phi) is 5.27. The molecule has 0 spiro atoms. The van der Waals surface area contributed by atoms with Gasteiger partial charge >= 0.3 is 0 Å². The minimum absolute atomic E-state index is 0.397. The summed E-state index contributed by atoms with van der Waals surface area (Å²) in [6, 6.07) is 7.35. The van der Waals surface area contributed by atoms with Crippen LogP contribution < -0.4 is 4.90 Å². The van der Waals surface area contributed by atoms with Crippen LogP contribution >= 0.6 is 0 Å². The van der Waals surface area contributed by atoms with Crippen LogP contribution in [0.15, 0.2) is 30.7 Å². The van der Waals surface area contributed by atoms with Crippen molar-refractivity contribution in [2.75, 3.05) is 50.8 Å². The zero-order valence-corrected chi connectivity index (χ0v) is 16.0. The second-order valence-corrected chi connectivity index (χ2v) is 7.47. The third-order valence-electron chi connectivity index (χ3n) is 5.74. The van der Waals surface area contributed by atoms with Crippen LogP contribution in [0.4, 0.5) is 5.69 Å². The van der Waals surface area contributed by atoms with Crippen LogP contribution in [0.2, 0.25) is 0 Å². The molecule has 4 rings (SSSR count). The molecular weight excluding hydrogens is 324 g/mol. The number of ether oxygens (including phenoxy) is 1. The van der Waals surface area contributed by atoms with Gasteiger partial charge in [0, 0.05) is 50.0 Å². The number of aromatic nitrogens is 2. The molecular formula is C21H30N4O. The first-order valence-corrected chi connectivity index (χ1v) is 9.96. The minimum atomic E-state index is 0.397. The summed E-state index contributed by atoms with van der Waals surface area (Å²) in [6.07, 6.45) is 6.42. The molecule has 1 fully saturated rings. The van der Waals surface area contributed by atoms with E-state index in [1.54, 1.807) is 0 Å². The van der Waals surface area contributed by atoms with E-state index in [-0.39, 0.29) is 0 Å². The zero-order valence-electron chi connectivity index (χ0n) is 16.0. The maximum Gasteiger partial charge on any atom is 0.0953 e. The Bertz CT molecular complexity index is 735. The van der Waals surface area contributed by atoms with Gasteiger partial charge in [-0.1, -0.05) is 6.07 Å². The van der Waals surface area contributed by atoms with Crippen LogP contribution in [0.25, 0.3) is 11.3 Å². The molecule has 5 nitrogen and oxygen atoms in total. The smallest absolute Gasteiger partial charge is 0.0953 e. The molecule has 0 radical (unpaired) electrons. The van der Waals surface area contributed by atoms with E-state index >= 15 is 0 Å². The quantitative estimate of drug-likeness (QED) is 0.826. The highest BCUT2D eigenvalue weighted by Crippen LogP contribution is 2.32. The predicted octanol–water partition coefficient (Wildman–Crippen LogP) is 3.22. The van der Waals surface area contributed by atoms with Crippen molar-refractivity contribution in [3.8, 4) is 11.3 Å². The van der Waals surface area contributed by atoms with E-state index in [4.69, 9.17) is 4.74 Å². The highest BCUT2D eigenvalue weighted by molar-refractivity contribution is 5.67. The SMILES string of the molecule is CCN1CCCc2cc(-c3cncn3[C@H](C)CN3CCOCC3)ccc21. The van der Waals surface area contributed by atoms with Crippen LogP contribution in [0.1, 0.15) is 31.9 Å². The standard InChI is InChI=1S/C21H30N4O/c1-3-24-8-4-5-18-13-19(6-7-20(18)24)21-14-22-16-25(21)17(2)15-23-9-11-26-12-10-23/h6-7,13-14,16-17H,3-5,8-12,15H2,1-2H3/t17-/m1/s1. The average molecular weight is 354 g/mol. The lowest BCUT2D eigenvalue weighted by molar-refractivity contribution is 0.0326. The summed E-state index contributed by atoms with van der Waals surface area (Å²) in [5.74, 6) is 0. The van der Waals surface area contributed by atoms with Gasteiger partial charge in [-0.3, -0.25) is 4.90 Å². The lowest BCUT2D eigenvalue weighted by Crippen LogP contribution is -2.39. The molecule has 5 heteroatoms. The molecule has 140 valence electrons. The number of aryl methyl sites for hydroxylation is 1. The van der Waals surface area contributed by atoms with Gasteiger partial charge in [-0.2, -0.15) is 0 Å². The Morgan fingerprint density at radius 3 is 2.85 bits per heavy atom. The third-order valence-corrected chi connectivity index (χ3v) is 5.74. The maximum absolute atomic E-state index is 5.47. The predicted molar refractivity (Wildman–Crippen MR) is 106 cm³/mol. The fourth-order valence-electron chi connectivity index (χ4n) is 4.29. The lowest BCUT2D eigenvalue weighted by Gasteiger charge is -2.31. The molecule has 2 aliphatic rings. The van der Waals surface area contributed by atoms with Gasteiger partial charge in [0.2, 0.25) is 0 Å². The molecule has 1 atom stereocenters. The maximum atomic E-state index is 5.47. The summed E-state index contributed by atoms with van der Waals surface area (Å²) >= 11 is 0. The van der Waals surface area contributed by atoms with Crippen LogP contribution in [-0.4, -0.2) is 60.4 Å². The van der Waals surface area contributed by atoms with Crippen LogP contribution in [-0.2, 0) is 11.2 Å². The summed E-state index contributed by atoms with van der Waals surface area (Å²) in [4.78, 5) is 9.44. The number of morpholine rings is 1. The van der Waals surface area contributed by atoms with E-state index in [9.17, 15) is 0 Å². The van der Waals surface area contributed by atoms with Crippen molar-refractivity contribution in [1.82, 2.24) is 14.5 Å².